The van der Waals surface area contributed by atoms with Crippen molar-refractivity contribution < 1.29 is 13.9 Å². The number of aryl methyl sites for hydroxylation is 1. The Labute approximate surface area is 140 Å². The van der Waals surface area contributed by atoms with Crippen molar-refractivity contribution in [3.8, 4) is 11.5 Å². The van der Waals surface area contributed by atoms with E-state index in [4.69, 9.17) is 9.15 Å². The summed E-state index contributed by atoms with van der Waals surface area (Å²) >= 11 is 0. The second kappa shape index (κ2) is 7.00. The summed E-state index contributed by atoms with van der Waals surface area (Å²) in [4.78, 5) is 16.7. The number of nitrogens with zero attached hydrogens (tertiary/aromatic N) is 1. The van der Waals surface area contributed by atoms with Crippen LogP contribution in [0.5, 0.6) is 0 Å². The van der Waals surface area contributed by atoms with Gasteiger partial charge >= 0.3 is 5.97 Å². The summed E-state index contributed by atoms with van der Waals surface area (Å²) in [6.07, 6.45) is 0. The highest BCUT2D eigenvalue weighted by molar-refractivity contribution is 5.95. The molecule has 0 aliphatic heterocycles. The lowest BCUT2D eigenvalue weighted by atomic mass is 10.2. The van der Waals surface area contributed by atoms with E-state index in [2.05, 4.69) is 10.3 Å². The van der Waals surface area contributed by atoms with Crippen LogP contribution in [-0.2, 0) is 11.3 Å². The van der Waals surface area contributed by atoms with Crippen molar-refractivity contribution in [1.82, 2.24) is 4.98 Å². The van der Waals surface area contributed by atoms with E-state index < -0.39 is 5.97 Å². The minimum absolute atomic E-state index is 0.0685. The first kappa shape index (κ1) is 15.8. The molecule has 0 spiro atoms. The van der Waals surface area contributed by atoms with Crippen LogP contribution in [0.4, 0.5) is 5.69 Å². The molecule has 0 atom stereocenters. The molecule has 122 valence electrons. The lowest BCUT2D eigenvalue weighted by molar-refractivity contribution is 0.0468. The third-order valence-corrected chi connectivity index (χ3v) is 3.67. The minimum Gasteiger partial charge on any atom is -0.455 e. The molecule has 1 heterocycles. The standard InChI is InChI=1S/C19H18N2O3/c1-13-17(21-18(24-13)14-8-4-3-5-9-14)12-23-19(22)15-10-6-7-11-16(15)20-2/h3-11,20H,12H2,1-2H3. The summed E-state index contributed by atoms with van der Waals surface area (Å²) < 4.78 is 11.1. The third kappa shape index (κ3) is 3.30. The average molecular weight is 322 g/mol. The number of para-hydroxylation sites is 1. The molecule has 1 aromatic heterocycles. The van der Waals surface area contributed by atoms with Gasteiger partial charge in [-0.15, -0.1) is 0 Å². The summed E-state index contributed by atoms with van der Waals surface area (Å²) in [5.41, 5.74) is 2.72. The van der Waals surface area contributed by atoms with E-state index in [1.165, 1.54) is 0 Å². The molecular formula is C19H18N2O3. The Kier molecular flexibility index (Phi) is 4.61. The first-order valence-electron chi connectivity index (χ1n) is 7.64. The van der Waals surface area contributed by atoms with Crippen LogP contribution < -0.4 is 5.32 Å². The number of esters is 1. The van der Waals surface area contributed by atoms with Gasteiger partial charge in [0.15, 0.2) is 0 Å². The van der Waals surface area contributed by atoms with E-state index in [-0.39, 0.29) is 6.61 Å². The number of carbonyl (C=O) groups is 1. The summed E-state index contributed by atoms with van der Waals surface area (Å²) in [5.74, 6) is 0.766. The predicted octanol–water partition coefficient (Wildman–Crippen LogP) is 4.05. The van der Waals surface area contributed by atoms with Crippen molar-refractivity contribution in [3.63, 3.8) is 0 Å². The predicted molar refractivity (Wildman–Crippen MR) is 91.8 cm³/mol. The number of hydrogen-bond donors (Lipinski definition) is 1. The van der Waals surface area contributed by atoms with Crippen LogP contribution in [0.3, 0.4) is 0 Å². The molecule has 3 rings (SSSR count). The molecule has 0 saturated carbocycles. The smallest absolute Gasteiger partial charge is 0.340 e. The Morgan fingerprint density at radius 1 is 1.12 bits per heavy atom. The molecular weight excluding hydrogens is 304 g/mol. The summed E-state index contributed by atoms with van der Waals surface area (Å²) in [5, 5.41) is 2.98. The number of rotatable bonds is 5. The third-order valence-electron chi connectivity index (χ3n) is 3.67. The van der Waals surface area contributed by atoms with Gasteiger partial charge in [0, 0.05) is 18.3 Å². The maximum Gasteiger partial charge on any atom is 0.340 e. The van der Waals surface area contributed by atoms with Crippen LogP contribution in [0.15, 0.2) is 59.0 Å². The van der Waals surface area contributed by atoms with Crippen molar-refractivity contribution in [2.75, 3.05) is 12.4 Å². The highest BCUT2D eigenvalue weighted by Gasteiger charge is 2.15. The Bertz CT molecular complexity index is 841. The van der Waals surface area contributed by atoms with E-state index in [0.717, 1.165) is 11.3 Å². The number of anilines is 1. The quantitative estimate of drug-likeness (QED) is 0.718. The van der Waals surface area contributed by atoms with Crippen molar-refractivity contribution in [1.29, 1.82) is 0 Å². The average Bonchev–Trinajstić information content (AvgIpc) is 3.01. The number of ether oxygens (including phenoxy) is 1. The molecule has 0 unspecified atom stereocenters. The highest BCUT2D eigenvalue weighted by Crippen LogP contribution is 2.22. The molecule has 5 nitrogen and oxygen atoms in total. The van der Waals surface area contributed by atoms with Gasteiger partial charge < -0.3 is 14.5 Å². The van der Waals surface area contributed by atoms with Gasteiger partial charge in [0.25, 0.3) is 0 Å². The Morgan fingerprint density at radius 3 is 2.58 bits per heavy atom. The van der Waals surface area contributed by atoms with Gasteiger partial charge in [-0.2, -0.15) is 0 Å². The number of aromatic nitrogens is 1. The number of benzene rings is 2. The van der Waals surface area contributed by atoms with Crippen molar-refractivity contribution in [3.05, 3.63) is 71.6 Å². The molecule has 5 heteroatoms. The first-order valence-corrected chi connectivity index (χ1v) is 7.64. The lowest BCUT2D eigenvalue weighted by Gasteiger charge is -2.08. The van der Waals surface area contributed by atoms with Crippen LogP contribution in [-0.4, -0.2) is 18.0 Å². The summed E-state index contributed by atoms with van der Waals surface area (Å²) in [6.45, 7) is 1.88. The Balaban J connectivity index is 1.73. The zero-order valence-corrected chi connectivity index (χ0v) is 13.6. The summed E-state index contributed by atoms with van der Waals surface area (Å²) in [6, 6.07) is 16.8. The van der Waals surface area contributed by atoms with Gasteiger partial charge in [-0.05, 0) is 31.2 Å². The van der Waals surface area contributed by atoms with Crippen LogP contribution in [0, 0.1) is 6.92 Å². The van der Waals surface area contributed by atoms with Gasteiger partial charge in [-0.1, -0.05) is 30.3 Å². The molecule has 1 N–H and O–H groups in total. The molecule has 0 saturated heterocycles. The zero-order valence-electron chi connectivity index (χ0n) is 13.6. The van der Waals surface area contributed by atoms with E-state index >= 15 is 0 Å². The molecule has 0 amide bonds. The molecule has 3 aromatic rings. The monoisotopic (exact) mass is 322 g/mol. The number of carbonyl (C=O) groups excluding carboxylic acids is 1. The van der Waals surface area contributed by atoms with Gasteiger partial charge in [0.05, 0.1) is 5.56 Å². The zero-order chi connectivity index (χ0) is 16.9. The molecule has 0 aliphatic rings. The maximum atomic E-state index is 12.3. The van der Waals surface area contributed by atoms with E-state index in [0.29, 0.717) is 22.9 Å². The SMILES string of the molecule is CNc1ccccc1C(=O)OCc1nc(-c2ccccc2)oc1C. The van der Waals surface area contributed by atoms with Crippen molar-refractivity contribution >= 4 is 11.7 Å². The van der Waals surface area contributed by atoms with Crippen LogP contribution in [0.2, 0.25) is 0 Å². The lowest BCUT2D eigenvalue weighted by Crippen LogP contribution is -2.08. The minimum atomic E-state index is -0.399. The van der Waals surface area contributed by atoms with Crippen LogP contribution in [0.25, 0.3) is 11.5 Å². The van der Waals surface area contributed by atoms with Crippen LogP contribution in [0.1, 0.15) is 21.8 Å². The van der Waals surface area contributed by atoms with Gasteiger partial charge in [-0.3, -0.25) is 0 Å². The fourth-order valence-corrected chi connectivity index (χ4v) is 2.36. The van der Waals surface area contributed by atoms with Gasteiger partial charge in [0.2, 0.25) is 5.89 Å². The molecule has 0 bridgehead atoms. The number of nitrogens with one attached hydrogen (secondary N) is 1. The Hall–Kier alpha value is -3.08. The van der Waals surface area contributed by atoms with E-state index in [1.54, 1.807) is 19.2 Å². The summed E-state index contributed by atoms with van der Waals surface area (Å²) in [7, 11) is 1.76. The number of hydrogen-bond acceptors (Lipinski definition) is 5. The number of oxazole rings is 1. The van der Waals surface area contributed by atoms with Crippen molar-refractivity contribution in [2.45, 2.75) is 13.5 Å². The highest BCUT2D eigenvalue weighted by atomic mass is 16.5. The maximum absolute atomic E-state index is 12.3. The Morgan fingerprint density at radius 2 is 1.83 bits per heavy atom. The van der Waals surface area contributed by atoms with Crippen molar-refractivity contribution in [2.24, 2.45) is 0 Å². The van der Waals surface area contributed by atoms with Gasteiger partial charge in [0.1, 0.15) is 18.1 Å². The molecule has 0 radical (unpaired) electrons. The normalized spacial score (nSPS) is 10.4. The van der Waals surface area contributed by atoms with E-state index in [9.17, 15) is 4.79 Å². The van der Waals surface area contributed by atoms with Crippen LogP contribution >= 0.6 is 0 Å². The fraction of sp³-hybridized carbons (Fsp3) is 0.158. The topological polar surface area (TPSA) is 64.4 Å². The van der Waals surface area contributed by atoms with E-state index in [1.807, 2.05) is 49.4 Å². The molecule has 2 aromatic carbocycles. The second-order valence-electron chi connectivity index (χ2n) is 5.26. The molecule has 24 heavy (non-hydrogen) atoms. The first-order chi connectivity index (χ1) is 11.7. The molecule has 0 aliphatic carbocycles. The fourth-order valence-electron chi connectivity index (χ4n) is 2.36. The largest absolute Gasteiger partial charge is 0.455 e. The second-order valence-corrected chi connectivity index (χ2v) is 5.26. The molecule has 0 fully saturated rings. The van der Waals surface area contributed by atoms with Gasteiger partial charge in [-0.25, -0.2) is 9.78 Å².